The molecule has 2 saturated heterocycles. The van der Waals surface area contributed by atoms with Gasteiger partial charge in [0, 0.05) is 0 Å². The van der Waals surface area contributed by atoms with Crippen LogP contribution in [0.2, 0.25) is 103 Å². The number of halogens is 2. The third kappa shape index (κ3) is 7.41. The molecular weight excluding hydrogens is 1400 g/mol. The van der Waals surface area contributed by atoms with Crippen LogP contribution < -0.4 is 20.7 Å². The van der Waals surface area contributed by atoms with Crippen molar-refractivity contribution in [2.45, 2.75) is 154 Å². The average molecular weight is 1500 g/mol. The molecule has 5 spiro atoms. The van der Waals surface area contributed by atoms with Gasteiger partial charge in [-0.15, -0.1) is 0 Å². The summed E-state index contributed by atoms with van der Waals surface area (Å²) in [6, 6.07) is 39.3. The third-order valence-electron chi connectivity index (χ3n) is 25.7. The predicted molar refractivity (Wildman–Crippen MR) is 413 cm³/mol. The quantitative estimate of drug-likeness (QED) is 0.154. The van der Waals surface area contributed by atoms with Crippen LogP contribution in [0.4, 0.5) is 0 Å². The molecule has 8 aliphatic carbocycles. The Morgan fingerprint density at radius 3 is 0.670 bits per heavy atom. The molecule has 0 nitrogen and oxygen atoms in total. The average Bonchev–Trinajstić information content (AvgIpc) is 1.53. The first-order valence-corrected chi connectivity index (χ1v) is 68.8. The van der Waals surface area contributed by atoms with Gasteiger partial charge in [0.15, 0.2) is 0 Å². The summed E-state index contributed by atoms with van der Waals surface area (Å²) in [7, 11) is 11.7. The van der Waals surface area contributed by atoms with E-state index >= 15 is 0 Å². The Labute approximate surface area is 559 Å². The number of benzene rings is 4. The fourth-order valence-corrected chi connectivity index (χ4v) is 199. The van der Waals surface area contributed by atoms with Gasteiger partial charge in [-0.2, -0.15) is 0 Å². The minimum atomic E-state index is -7.76. The summed E-state index contributed by atoms with van der Waals surface area (Å²) in [6.07, 6.45) is 50.2. The fourth-order valence-electron chi connectivity index (χ4n) is 22.7. The molecule has 0 radical (unpaired) electrons. The molecule has 0 N–H and O–H groups in total. The van der Waals surface area contributed by atoms with Crippen molar-refractivity contribution in [3.05, 3.63) is 308 Å². The molecule has 0 aromatic heterocycles. The first-order chi connectivity index (χ1) is 42.8. The molecule has 0 bridgehead atoms. The third-order valence-corrected chi connectivity index (χ3v) is 151. The molecule has 91 heavy (non-hydrogen) atoms. The van der Waals surface area contributed by atoms with Crippen molar-refractivity contribution < 1.29 is 14.7 Å². The number of rotatable bonds is 8. The Morgan fingerprint density at radius 2 is 0.495 bits per heavy atom. The zero-order chi connectivity index (χ0) is 64.9. The van der Waals surface area contributed by atoms with Crippen LogP contribution in [0.3, 0.4) is 0 Å². The monoisotopic (exact) mass is 1500 g/mol. The van der Waals surface area contributed by atoms with Crippen LogP contribution >= 0.6 is 17.2 Å². The van der Waals surface area contributed by atoms with Crippen molar-refractivity contribution >= 4 is 87.8 Å². The van der Waals surface area contributed by atoms with Gasteiger partial charge in [-0.1, -0.05) is 0 Å². The first-order valence-electron chi connectivity index (χ1n) is 34.1. The Hall–Kier alpha value is -4.53. The molecular formula is C82H96Cl2HfSi6. The Bertz CT molecular complexity index is 3850. The molecule has 10 aliphatic rings. The summed E-state index contributed by atoms with van der Waals surface area (Å²) < 4.78 is -2.65. The van der Waals surface area contributed by atoms with Gasteiger partial charge in [0.1, 0.15) is 0 Å². The van der Waals surface area contributed by atoms with Gasteiger partial charge >= 0.3 is 564 Å². The van der Waals surface area contributed by atoms with Gasteiger partial charge < -0.3 is 0 Å². The molecule has 9 heteroatoms. The van der Waals surface area contributed by atoms with E-state index in [9.17, 15) is 17.2 Å². The maximum absolute atomic E-state index is 11.5. The molecule has 8 atom stereocenters. The Kier molecular flexibility index (Phi) is 14.4. The molecule has 0 amide bonds. The second-order valence-electron chi connectivity index (χ2n) is 33.4. The summed E-state index contributed by atoms with van der Waals surface area (Å²) in [4.78, 5) is 0. The van der Waals surface area contributed by atoms with E-state index in [0.717, 1.165) is 0 Å². The second kappa shape index (κ2) is 20.5. The fraction of sp³-hybridized carbons (Fsp3) is 0.317. The van der Waals surface area contributed by atoms with E-state index in [1.54, 1.807) is 0 Å². The number of hydrogen-bond donors (Lipinski definition) is 0. The SMILES string of the molecule is CC1=CC2=C(C=CC=CC2c2ccc([Si](C)(C)C)cc2)[C]12[SiH](C)[C]1(C(C)=CC3=C1C=CC=CC3c1ccc([Si](C)(C)C)cc1)[Hf]21([Cl])([Cl])[C]2(C(C)=CC3=C2C=CC=CC3c2ccc([Si](C)(C)C)cc2)[SiH](C)[C]12C(C)=CC1=C2C=CC=CC1c1ccc([Si](C)(C)C)cc1. The molecule has 0 saturated carbocycles. The number of fused-ring (bicyclic) bond motifs is 8. The molecule has 2 aliphatic heterocycles. The molecule has 4 aromatic rings. The summed E-state index contributed by atoms with van der Waals surface area (Å²) >= 11 is -7.76. The summed E-state index contributed by atoms with van der Waals surface area (Å²) in [6.45, 7) is 45.4. The van der Waals surface area contributed by atoms with E-state index in [1.807, 2.05) is 0 Å². The van der Waals surface area contributed by atoms with E-state index in [-0.39, 0.29) is 23.7 Å². The van der Waals surface area contributed by atoms with E-state index in [4.69, 9.17) is 0 Å². The van der Waals surface area contributed by atoms with Gasteiger partial charge in [-0.3, -0.25) is 0 Å². The number of allylic oxidation sites excluding steroid dienone is 32. The Morgan fingerprint density at radius 1 is 0.308 bits per heavy atom. The normalized spacial score (nSPS) is 32.7. The van der Waals surface area contributed by atoms with Crippen LogP contribution in [-0.4, -0.2) is 49.9 Å². The van der Waals surface area contributed by atoms with Gasteiger partial charge in [0.25, 0.3) is 0 Å². The van der Waals surface area contributed by atoms with Crippen molar-refractivity contribution in [3.63, 3.8) is 0 Å². The van der Waals surface area contributed by atoms with Crippen molar-refractivity contribution in [2.75, 3.05) is 0 Å². The molecule has 8 unspecified atom stereocenters. The standard InChI is InChI=1S/2C41H48Si3.2ClH.Hf/c2*1-28-26-38-34(30-18-22-32(23-19-30)43(4,5)6)14-10-12-16-36(38)40(28)42(3)41-29(2)27-39-35(15-11-13-17-37(39)41)31-20-24-33(25-21-31)44(7,8)9;;;/h2*10-27,34-35,42H,1-9H3;2*1H;/q;;;;+2/p-2. The summed E-state index contributed by atoms with van der Waals surface area (Å²) in [5.41, 5.74) is 22.3. The van der Waals surface area contributed by atoms with Crippen molar-refractivity contribution in [1.29, 1.82) is 0 Å². The molecule has 14 rings (SSSR count). The zero-order valence-corrected chi connectivity index (χ0v) is 68.9. The number of hydrogen-bond acceptors (Lipinski definition) is 0. The van der Waals surface area contributed by atoms with Gasteiger partial charge in [-0.05, 0) is 0 Å². The van der Waals surface area contributed by atoms with Crippen LogP contribution in [-0.2, 0) is 14.7 Å². The summed E-state index contributed by atoms with van der Waals surface area (Å²) in [5.74, 6) is 0.0549. The minimum absolute atomic E-state index is 0.0137. The van der Waals surface area contributed by atoms with E-state index < -0.39 is 75.7 Å². The first kappa shape index (κ1) is 63.8. The van der Waals surface area contributed by atoms with Crippen LogP contribution in [0.15, 0.2) is 285 Å². The van der Waals surface area contributed by atoms with Crippen molar-refractivity contribution in [1.82, 2.24) is 0 Å². The van der Waals surface area contributed by atoms with Crippen LogP contribution in [0.5, 0.6) is 0 Å². The molecule has 4 aromatic carbocycles. The van der Waals surface area contributed by atoms with Crippen molar-refractivity contribution in [2.24, 2.45) is 0 Å². The van der Waals surface area contributed by atoms with Gasteiger partial charge in [0.2, 0.25) is 0 Å². The van der Waals surface area contributed by atoms with E-state index in [0.29, 0.717) is 0 Å². The zero-order valence-electron chi connectivity index (χ0n) is 57.5. The van der Waals surface area contributed by atoms with Gasteiger partial charge in [-0.25, -0.2) is 0 Å². The molecule has 466 valence electrons. The van der Waals surface area contributed by atoms with E-state index in [1.165, 1.54) is 110 Å². The topological polar surface area (TPSA) is 0 Å². The predicted octanol–water partition coefficient (Wildman–Crippen LogP) is 20.9. The van der Waals surface area contributed by atoms with Gasteiger partial charge in [0.05, 0.1) is 0 Å². The molecule has 2 fully saturated rings. The van der Waals surface area contributed by atoms with E-state index in [2.05, 4.69) is 338 Å². The van der Waals surface area contributed by atoms with Crippen LogP contribution in [0.1, 0.15) is 73.6 Å². The second-order valence-corrected chi connectivity index (χ2v) is 108. The summed E-state index contributed by atoms with van der Waals surface area (Å²) in [5, 5.41) is 5.95. The van der Waals surface area contributed by atoms with Crippen LogP contribution in [0, 0.1) is 0 Å². The molecule has 2 heterocycles. The Balaban J connectivity index is 1.16. The maximum atomic E-state index is 11.5. The van der Waals surface area contributed by atoms with Crippen LogP contribution in [0.25, 0.3) is 0 Å². The van der Waals surface area contributed by atoms with Crippen molar-refractivity contribution in [3.8, 4) is 0 Å².